The number of allylic oxidation sites excluding steroid dienone is 3. The number of Topliss-reactive ketones (excluding diaryl/α,β-unsaturated/α-hetero) is 1. The third-order valence-corrected chi connectivity index (χ3v) is 6.48. The highest BCUT2D eigenvalue weighted by molar-refractivity contribution is 7.10. The van der Waals surface area contributed by atoms with Gasteiger partial charge < -0.3 is 5.73 Å². The quantitative estimate of drug-likeness (QED) is 0.726. The molecule has 4 nitrogen and oxygen atoms in total. The zero-order valence-corrected chi connectivity index (χ0v) is 17.3. The van der Waals surface area contributed by atoms with Crippen LogP contribution in [0.5, 0.6) is 0 Å². The molecule has 1 unspecified atom stereocenters. The number of halogens is 1. The van der Waals surface area contributed by atoms with Gasteiger partial charge in [-0.3, -0.25) is 9.69 Å². The Morgan fingerprint density at radius 1 is 1.25 bits per heavy atom. The van der Waals surface area contributed by atoms with E-state index in [4.69, 9.17) is 17.3 Å². The first-order chi connectivity index (χ1) is 13.3. The number of nitriles is 1. The average Bonchev–Trinajstić information content (AvgIpc) is 3.15. The summed E-state index contributed by atoms with van der Waals surface area (Å²) in [5, 5.41) is 12.5. The van der Waals surface area contributed by atoms with E-state index in [0.717, 1.165) is 16.3 Å². The van der Waals surface area contributed by atoms with Crippen LogP contribution in [-0.4, -0.2) is 5.78 Å². The van der Waals surface area contributed by atoms with Crippen LogP contribution in [0, 0.1) is 16.7 Å². The van der Waals surface area contributed by atoms with Gasteiger partial charge in [-0.25, -0.2) is 0 Å². The highest BCUT2D eigenvalue weighted by Gasteiger charge is 2.44. The molecule has 0 amide bonds. The van der Waals surface area contributed by atoms with Crippen molar-refractivity contribution in [2.75, 3.05) is 4.90 Å². The van der Waals surface area contributed by atoms with Gasteiger partial charge in [0.15, 0.2) is 5.78 Å². The number of hydrogen-bond donors (Lipinski definition) is 1. The average molecular weight is 410 g/mol. The molecule has 0 saturated heterocycles. The number of nitrogens with two attached hydrogens (primary N) is 1. The molecular weight excluding hydrogens is 390 g/mol. The van der Waals surface area contributed by atoms with E-state index < -0.39 is 5.92 Å². The summed E-state index contributed by atoms with van der Waals surface area (Å²) in [4.78, 5) is 16.1. The van der Waals surface area contributed by atoms with Crippen LogP contribution in [0.2, 0.25) is 5.02 Å². The summed E-state index contributed by atoms with van der Waals surface area (Å²) in [6.07, 6.45) is 1.17. The number of benzene rings is 1. The Labute approximate surface area is 173 Å². The largest absolute Gasteiger partial charge is 0.384 e. The lowest BCUT2D eigenvalue weighted by Gasteiger charge is -2.43. The summed E-state index contributed by atoms with van der Waals surface area (Å²) in [7, 11) is 0. The molecule has 2 aromatic rings. The number of carbonyl (C=O) groups excluding carboxylic acids is 1. The van der Waals surface area contributed by atoms with E-state index in [9.17, 15) is 10.1 Å². The van der Waals surface area contributed by atoms with Crippen molar-refractivity contribution in [3.63, 3.8) is 0 Å². The Hall–Kier alpha value is -2.55. The molecule has 0 bridgehead atoms. The molecular formula is C22H20ClN3OS. The zero-order valence-electron chi connectivity index (χ0n) is 15.7. The van der Waals surface area contributed by atoms with Crippen molar-refractivity contribution in [1.82, 2.24) is 0 Å². The topological polar surface area (TPSA) is 70.1 Å². The van der Waals surface area contributed by atoms with Gasteiger partial charge in [-0.2, -0.15) is 5.26 Å². The Balaban J connectivity index is 1.99. The fourth-order valence-electron chi connectivity index (χ4n) is 4.13. The lowest BCUT2D eigenvalue weighted by Crippen LogP contribution is -2.42. The molecule has 4 rings (SSSR count). The number of ketones is 1. The number of rotatable bonds is 2. The minimum absolute atomic E-state index is 0.0869. The van der Waals surface area contributed by atoms with Gasteiger partial charge in [-0.05, 0) is 47.5 Å². The Morgan fingerprint density at radius 3 is 2.57 bits per heavy atom. The number of anilines is 1. The first kappa shape index (κ1) is 18.8. The van der Waals surface area contributed by atoms with E-state index in [1.165, 1.54) is 0 Å². The number of carbonyl (C=O) groups is 1. The van der Waals surface area contributed by atoms with Crippen LogP contribution < -0.4 is 10.6 Å². The normalized spacial score (nSPS) is 21.6. The molecule has 0 fully saturated rings. The van der Waals surface area contributed by atoms with Crippen molar-refractivity contribution in [3.8, 4) is 6.07 Å². The molecule has 0 saturated carbocycles. The van der Waals surface area contributed by atoms with E-state index >= 15 is 0 Å². The van der Waals surface area contributed by atoms with Gasteiger partial charge in [0.2, 0.25) is 0 Å². The van der Waals surface area contributed by atoms with E-state index in [0.29, 0.717) is 34.8 Å². The molecule has 0 radical (unpaired) electrons. The first-order valence-corrected chi connectivity index (χ1v) is 10.3. The van der Waals surface area contributed by atoms with Crippen LogP contribution in [0.15, 0.2) is 64.4 Å². The van der Waals surface area contributed by atoms with E-state index in [1.54, 1.807) is 23.5 Å². The Kier molecular flexibility index (Phi) is 4.57. The summed E-state index contributed by atoms with van der Waals surface area (Å²) in [6, 6.07) is 13.5. The van der Waals surface area contributed by atoms with Crippen LogP contribution >= 0.6 is 22.9 Å². The Morgan fingerprint density at radius 2 is 1.96 bits per heavy atom. The second-order valence-electron chi connectivity index (χ2n) is 7.97. The third kappa shape index (κ3) is 3.03. The monoisotopic (exact) mass is 409 g/mol. The second kappa shape index (κ2) is 6.80. The van der Waals surface area contributed by atoms with Crippen LogP contribution in [-0.2, 0) is 4.79 Å². The molecule has 142 valence electrons. The molecule has 0 spiro atoms. The second-order valence-corrected chi connectivity index (χ2v) is 9.39. The van der Waals surface area contributed by atoms with Crippen LogP contribution in [0.1, 0.15) is 37.5 Å². The molecule has 1 aromatic heterocycles. The van der Waals surface area contributed by atoms with Crippen molar-refractivity contribution in [2.45, 2.75) is 32.6 Å². The zero-order chi connectivity index (χ0) is 20.1. The van der Waals surface area contributed by atoms with Crippen LogP contribution in [0.4, 0.5) is 5.69 Å². The molecule has 2 heterocycles. The maximum atomic E-state index is 13.3. The van der Waals surface area contributed by atoms with Crippen molar-refractivity contribution in [1.29, 1.82) is 5.26 Å². The standard InChI is InChI=1S/C22H20ClN3OS/c1-22(2)10-16-20(17(27)11-22)19(18-4-3-9-28-18)15(12-24)21(25)26(16)14-7-5-13(23)6-8-14/h3-9,19H,10-11,25H2,1-2H3. The van der Waals surface area contributed by atoms with Gasteiger partial charge in [-0.15, -0.1) is 11.3 Å². The highest BCUT2D eigenvalue weighted by Crippen LogP contribution is 2.50. The third-order valence-electron chi connectivity index (χ3n) is 5.29. The summed E-state index contributed by atoms with van der Waals surface area (Å²) >= 11 is 7.60. The summed E-state index contributed by atoms with van der Waals surface area (Å²) in [6.45, 7) is 4.18. The van der Waals surface area contributed by atoms with Crippen molar-refractivity contribution in [3.05, 3.63) is 74.3 Å². The van der Waals surface area contributed by atoms with Crippen molar-refractivity contribution >= 4 is 34.4 Å². The Bertz CT molecular complexity index is 1040. The molecule has 1 aliphatic heterocycles. The van der Waals surface area contributed by atoms with E-state index in [2.05, 4.69) is 19.9 Å². The first-order valence-electron chi connectivity index (χ1n) is 9.07. The van der Waals surface area contributed by atoms with Crippen LogP contribution in [0.25, 0.3) is 0 Å². The van der Waals surface area contributed by atoms with Gasteiger partial charge in [0.05, 0.1) is 17.6 Å². The minimum atomic E-state index is -0.396. The number of nitrogens with zero attached hydrogens (tertiary/aromatic N) is 2. The molecule has 28 heavy (non-hydrogen) atoms. The number of thiophene rings is 1. The smallest absolute Gasteiger partial charge is 0.162 e. The molecule has 2 aliphatic rings. The maximum Gasteiger partial charge on any atom is 0.162 e. The van der Waals surface area contributed by atoms with E-state index in [-0.39, 0.29) is 11.2 Å². The molecule has 6 heteroatoms. The predicted octanol–water partition coefficient (Wildman–Crippen LogP) is 5.34. The highest BCUT2D eigenvalue weighted by atomic mass is 35.5. The maximum absolute atomic E-state index is 13.3. The fourth-order valence-corrected chi connectivity index (χ4v) is 5.10. The van der Waals surface area contributed by atoms with Crippen molar-refractivity contribution in [2.24, 2.45) is 11.1 Å². The van der Waals surface area contributed by atoms with Crippen molar-refractivity contribution < 1.29 is 4.79 Å². The van der Waals surface area contributed by atoms with Gasteiger partial charge in [0.25, 0.3) is 0 Å². The summed E-state index contributed by atoms with van der Waals surface area (Å²) < 4.78 is 0. The molecule has 2 N–H and O–H groups in total. The minimum Gasteiger partial charge on any atom is -0.384 e. The lowest BCUT2D eigenvalue weighted by molar-refractivity contribution is -0.118. The van der Waals surface area contributed by atoms with E-state index in [1.807, 2.05) is 34.5 Å². The van der Waals surface area contributed by atoms with Crippen LogP contribution in [0.3, 0.4) is 0 Å². The molecule has 1 atom stereocenters. The van der Waals surface area contributed by atoms with Gasteiger partial charge in [0.1, 0.15) is 5.82 Å². The molecule has 1 aromatic carbocycles. The van der Waals surface area contributed by atoms with Gasteiger partial charge >= 0.3 is 0 Å². The van der Waals surface area contributed by atoms with Gasteiger partial charge in [-0.1, -0.05) is 31.5 Å². The fraction of sp³-hybridized carbons (Fsp3) is 0.273. The predicted molar refractivity (Wildman–Crippen MR) is 113 cm³/mol. The lowest BCUT2D eigenvalue weighted by atomic mass is 9.69. The molecule has 1 aliphatic carbocycles. The summed E-state index contributed by atoms with van der Waals surface area (Å²) in [5.41, 5.74) is 9.18. The SMILES string of the molecule is CC1(C)CC(=O)C2=C(C1)N(c1ccc(Cl)cc1)C(N)=C(C#N)C2c1cccs1. The summed E-state index contributed by atoms with van der Waals surface area (Å²) in [5.74, 6) is 0.0727. The number of hydrogen-bond acceptors (Lipinski definition) is 5. The van der Waals surface area contributed by atoms with Gasteiger partial charge in [0, 0.05) is 33.3 Å².